The lowest BCUT2D eigenvalue weighted by Gasteiger charge is -2.32. The Morgan fingerprint density at radius 2 is 1.69 bits per heavy atom. The van der Waals surface area contributed by atoms with E-state index in [1.54, 1.807) is 11.3 Å². The van der Waals surface area contributed by atoms with E-state index >= 15 is 0 Å². The maximum atomic E-state index is 13.5. The van der Waals surface area contributed by atoms with Crippen LogP contribution in [0, 0.1) is 10.8 Å². The van der Waals surface area contributed by atoms with Gasteiger partial charge in [0.05, 0.1) is 21.8 Å². The van der Waals surface area contributed by atoms with Gasteiger partial charge >= 0.3 is 0 Å². The van der Waals surface area contributed by atoms with Crippen LogP contribution in [0.25, 0.3) is 16.6 Å². The van der Waals surface area contributed by atoms with E-state index in [0.717, 1.165) is 45.7 Å². The van der Waals surface area contributed by atoms with Gasteiger partial charge in [0.15, 0.2) is 5.78 Å². The van der Waals surface area contributed by atoms with Gasteiger partial charge in [-0.1, -0.05) is 59.2 Å². The normalized spacial score (nSPS) is 16.5. The minimum Gasteiger partial charge on any atom is -0.289 e. The first kappa shape index (κ1) is 23.8. The highest BCUT2D eigenvalue weighted by atomic mass is 35.5. The lowest BCUT2D eigenvalue weighted by atomic mass is 9.71. The third kappa shape index (κ3) is 4.43. The maximum Gasteiger partial charge on any atom is 0.186 e. The second-order valence-electron chi connectivity index (χ2n) is 11.2. The van der Waals surface area contributed by atoms with Crippen LogP contribution in [0.2, 0.25) is 5.02 Å². The molecule has 1 aliphatic heterocycles. The number of halogens is 1. The van der Waals surface area contributed by atoms with Crippen molar-refractivity contribution in [2.24, 2.45) is 10.8 Å². The van der Waals surface area contributed by atoms with Crippen molar-refractivity contribution < 1.29 is 4.79 Å². The van der Waals surface area contributed by atoms with E-state index in [1.165, 1.54) is 4.88 Å². The number of Topliss-reactive ketones (excluding diaryl/α,β-unsaturated/α-hetero) is 1. The SMILES string of the molecule is CC(C)(C)C1=CC(=C(c2cccs2)N2CN2c2ccnc3cc(Cl)ccc23)C=C(C(C)(C)C)C1=O. The van der Waals surface area contributed by atoms with Gasteiger partial charge in [-0.3, -0.25) is 19.8 Å². The smallest absolute Gasteiger partial charge is 0.186 e. The molecule has 5 rings (SSSR count). The molecule has 0 N–H and O–H groups in total. The quantitative estimate of drug-likeness (QED) is 0.340. The van der Waals surface area contributed by atoms with E-state index in [1.807, 2.05) is 30.5 Å². The van der Waals surface area contributed by atoms with Crippen LogP contribution in [0.4, 0.5) is 5.69 Å². The molecule has 0 amide bonds. The zero-order valence-corrected chi connectivity index (χ0v) is 22.6. The monoisotopic (exact) mass is 503 g/mol. The number of fused-ring (bicyclic) bond motifs is 1. The number of hydrogen-bond donors (Lipinski definition) is 0. The van der Waals surface area contributed by atoms with Crippen molar-refractivity contribution in [2.45, 2.75) is 41.5 Å². The number of carbonyl (C=O) groups excluding carboxylic acids is 1. The number of hydrogen-bond acceptors (Lipinski definition) is 5. The largest absolute Gasteiger partial charge is 0.289 e. The molecular formula is C29H30ClN3OS. The zero-order valence-electron chi connectivity index (χ0n) is 21.0. The first-order chi connectivity index (χ1) is 16.4. The Labute approximate surface area is 216 Å². The molecule has 1 aliphatic carbocycles. The van der Waals surface area contributed by atoms with Gasteiger partial charge in [-0.15, -0.1) is 11.3 Å². The molecule has 3 aromatic rings. The zero-order chi connectivity index (χ0) is 25.1. The van der Waals surface area contributed by atoms with Crippen molar-refractivity contribution in [1.82, 2.24) is 9.99 Å². The van der Waals surface area contributed by atoms with E-state index < -0.39 is 0 Å². The van der Waals surface area contributed by atoms with Gasteiger partial charge in [0.1, 0.15) is 6.67 Å². The summed E-state index contributed by atoms with van der Waals surface area (Å²) in [7, 11) is 0. The highest BCUT2D eigenvalue weighted by molar-refractivity contribution is 7.11. The predicted molar refractivity (Wildman–Crippen MR) is 147 cm³/mol. The number of benzene rings is 1. The summed E-state index contributed by atoms with van der Waals surface area (Å²) in [6.07, 6.45) is 6.04. The molecule has 4 nitrogen and oxygen atoms in total. The van der Waals surface area contributed by atoms with Gasteiger partial charge < -0.3 is 0 Å². The Bertz CT molecular complexity index is 1380. The molecule has 0 radical (unpaired) electrons. The molecule has 1 saturated heterocycles. The highest BCUT2D eigenvalue weighted by Gasteiger charge is 2.40. The minimum absolute atomic E-state index is 0.152. The van der Waals surface area contributed by atoms with E-state index in [4.69, 9.17) is 11.6 Å². The fourth-order valence-corrected chi connectivity index (χ4v) is 5.50. The lowest BCUT2D eigenvalue weighted by molar-refractivity contribution is -0.114. The summed E-state index contributed by atoms with van der Waals surface area (Å²) in [5, 5.41) is 8.38. The second kappa shape index (κ2) is 8.35. The number of pyridine rings is 1. The molecule has 0 atom stereocenters. The molecule has 0 bridgehead atoms. The third-order valence-electron chi connectivity index (χ3n) is 6.43. The average molecular weight is 504 g/mol. The van der Waals surface area contributed by atoms with Gasteiger partial charge in [-0.25, -0.2) is 0 Å². The summed E-state index contributed by atoms with van der Waals surface area (Å²) in [6.45, 7) is 13.4. The van der Waals surface area contributed by atoms with Crippen LogP contribution in [-0.2, 0) is 4.79 Å². The Hall–Kier alpha value is -2.89. The summed E-state index contributed by atoms with van der Waals surface area (Å²) >= 11 is 7.93. The minimum atomic E-state index is -0.257. The first-order valence-corrected chi connectivity index (χ1v) is 13.1. The first-order valence-electron chi connectivity index (χ1n) is 11.8. The molecule has 6 heteroatoms. The van der Waals surface area contributed by atoms with Gasteiger partial charge in [0, 0.05) is 33.3 Å². The van der Waals surface area contributed by atoms with Gasteiger partial charge in [-0.05, 0) is 58.7 Å². The van der Waals surface area contributed by atoms with E-state index in [0.29, 0.717) is 5.02 Å². The van der Waals surface area contributed by atoms with Crippen LogP contribution in [-0.4, -0.2) is 22.4 Å². The number of anilines is 1. The molecule has 1 aromatic carbocycles. The molecule has 180 valence electrons. The standard InChI is InChI=1S/C29H30ClN3OS/c1-28(2,3)21-14-18(15-22(27(21)34)29(4,5)6)26(25-8-7-13-35-25)33-17-32(33)24-11-12-31-23-16-19(30)9-10-20(23)24/h7-16H,17H2,1-6H3. The summed E-state index contributed by atoms with van der Waals surface area (Å²) in [4.78, 5) is 19.2. The van der Waals surface area contributed by atoms with Crippen LogP contribution in [0.1, 0.15) is 46.4 Å². The van der Waals surface area contributed by atoms with Crippen molar-refractivity contribution in [3.05, 3.63) is 86.7 Å². The average Bonchev–Trinajstić information content (AvgIpc) is 3.35. The molecule has 2 aliphatic rings. The molecule has 0 unspecified atom stereocenters. The van der Waals surface area contributed by atoms with Crippen LogP contribution >= 0.6 is 22.9 Å². The number of allylic oxidation sites excluding steroid dienone is 5. The highest BCUT2D eigenvalue weighted by Crippen LogP contribution is 2.45. The number of rotatable bonds is 3. The van der Waals surface area contributed by atoms with Crippen molar-refractivity contribution >= 4 is 51.0 Å². The molecule has 1 fully saturated rings. The van der Waals surface area contributed by atoms with Gasteiger partial charge in [0.25, 0.3) is 0 Å². The molecule has 0 spiro atoms. The molecule has 3 heterocycles. The Morgan fingerprint density at radius 3 is 2.29 bits per heavy atom. The van der Waals surface area contributed by atoms with Crippen LogP contribution in [0.5, 0.6) is 0 Å². The number of aromatic nitrogens is 1. The molecule has 35 heavy (non-hydrogen) atoms. The number of carbonyl (C=O) groups is 1. The van der Waals surface area contributed by atoms with Crippen molar-refractivity contribution in [1.29, 1.82) is 0 Å². The lowest BCUT2D eigenvalue weighted by Crippen LogP contribution is -2.28. The van der Waals surface area contributed by atoms with Crippen LogP contribution in [0.15, 0.2) is 76.8 Å². The van der Waals surface area contributed by atoms with Crippen molar-refractivity contribution in [2.75, 3.05) is 11.7 Å². The van der Waals surface area contributed by atoms with Gasteiger partial charge in [0.2, 0.25) is 0 Å². The topological polar surface area (TPSA) is 36.0 Å². The fourth-order valence-electron chi connectivity index (χ4n) is 4.54. The van der Waals surface area contributed by atoms with E-state index in [-0.39, 0.29) is 16.6 Å². The molecular weight excluding hydrogens is 474 g/mol. The number of hydrazine groups is 1. The predicted octanol–water partition coefficient (Wildman–Crippen LogP) is 7.88. The summed E-state index contributed by atoms with van der Waals surface area (Å²) < 4.78 is 0. The number of ketones is 1. The Morgan fingerprint density at radius 1 is 1.00 bits per heavy atom. The van der Waals surface area contributed by atoms with E-state index in [9.17, 15) is 4.79 Å². The van der Waals surface area contributed by atoms with E-state index in [2.05, 4.69) is 86.2 Å². The Kier molecular flexibility index (Phi) is 5.69. The third-order valence-corrected chi connectivity index (χ3v) is 7.54. The van der Waals surface area contributed by atoms with Crippen LogP contribution in [0.3, 0.4) is 0 Å². The molecule has 0 saturated carbocycles. The second-order valence-corrected chi connectivity index (χ2v) is 12.5. The number of nitrogens with zero attached hydrogens (tertiary/aromatic N) is 3. The fraction of sp³-hybridized carbons (Fsp3) is 0.310. The summed E-state index contributed by atoms with van der Waals surface area (Å²) in [5.74, 6) is 0.152. The Balaban J connectivity index is 1.68. The van der Waals surface area contributed by atoms with Crippen LogP contribution < -0.4 is 5.01 Å². The van der Waals surface area contributed by atoms with Crippen molar-refractivity contribution in [3.8, 4) is 0 Å². The molecule has 2 aromatic heterocycles. The summed E-state index contributed by atoms with van der Waals surface area (Å²) in [5.41, 5.74) is 5.35. The summed E-state index contributed by atoms with van der Waals surface area (Å²) in [6, 6.07) is 12.1. The van der Waals surface area contributed by atoms with Gasteiger partial charge in [-0.2, -0.15) is 0 Å². The maximum absolute atomic E-state index is 13.5. The van der Waals surface area contributed by atoms with Crippen molar-refractivity contribution in [3.63, 3.8) is 0 Å². The number of thiophene rings is 1.